The Balaban J connectivity index is 0.000000136. The Morgan fingerprint density at radius 2 is 1.00 bits per heavy atom. The zero-order chi connectivity index (χ0) is 46.4. The summed E-state index contributed by atoms with van der Waals surface area (Å²) in [7, 11) is 0. The van der Waals surface area contributed by atoms with Crippen LogP contribution in [-0.2, 0) is 25.2 Å². The number of rotatable bonds is 16. The molecule has 10 rings (SSSR count). The van der Waals surface area contributed by atoms with Crippen LogP contribution in [0.25, 0.3) is 0 Å². The zero-order valence-electron chi connectivity index (χ0n) is 36.5. The molecule has 66 heavy (non-hydrogen) atoms. The lowest BCUT2D eigenvalue weighted by Gasteiger charge is -2.28. The highest BCUT2D eigenvalue weighted by Crippen LogP contribution is 2.43. The molecule has 346 valence electrons. The van der Waals surface area contributed by atoms with Gasteiger partial charge in [-0.3, -0.25) is 0 Å². The molecule has 9 nitrogen and oxygen atoms in total. The van der Waals surface area contributed by atoms with Crippen molar-refractivity contribution < 1.29 is 13.2 Å². The molecule has 3 saturated carbocycles. The summed E-state index contributed by atoms with van der Waals surface area (Å²) in [5.41, 5.74) is 5.19. The molecule has 18 heteroatoms. The predicted molar refractivity (Wildman–Crippen MR) is 260 cm³/mol. The number of nitrogens with one attached hydrogen (secondary N) is 3. The van der Waals surface area contributed by atoms with E-state index in [9.17, 15) is 13.2 Å². The molecule has 0 saturated heterocycles. The minimum Gasteiger partial charge on any atom is -0.305 e. The van der Waals surface area contributed by atoms with E-state index in [2.05, 4.69) is 44.7 Å². The summed E-state index contributed by atoms with van der Waals surface area (Å²) in [6.07, 6.45) is 7.15. The maximum atomic E-state index is 14.5. The number of benzene rings is 4. The van der Waals surface area contributed by atoms with Crippen LogP contribution in [0.2, 0.25) is 15.1 Å². The Bertz CT molecular complexity index is 2640. The average molecular weight is 1010 g/mol. The minimum absolute atomic E-state index is 0.155. The van der Waals surface area contributed by atoms with E-state index in [4.69, 9.17) is 34.8 Å². The van der Waals surface area contributed by atoms with Crippen LogP contribution in [-0.4, -0.2) is 28.8 Å². The van der Waals surface area contributed by atoms with Gasteiger partial charge in [0.05, 0.1) is 37.8 Å². The second kappa shape index (κ2) is 22.0. The summed E-state index contributed by atoms with van der Waals surface area (Å²) in [5, 5.41) is 24.2. The van der Waals surface area contributed by atoms with Crippen molar-refractivity contribution in [2.24, 2.45) is 0 Å². The van der Waals surface area contributed by atoms with E-state index >= 15 is 0 Å². The highest BCUT2D eigenvalue weighted by molar-refractivity contribution is 7.06. The van der Waals surface area contributed by atoms with Gasteiger partial charge in [0.25, 0.3) is 0 Å². The molecule has 0 radical (unpaired) electrons. The Labute approximate surface area is 410 Å². The molecule has 2 atom stereocenters. The summed E-state index contributed by atoms with van der Waals surface area (Å²) in [6, 6.07) is 23.6. The predicted octanol–water partition coefficient (Wildman–Crippen LogP) is 13.4. The van der Waals surface area contributed by atoms with Crippen molar-refractivity contribution in [1.29, 1.82) is 0 Å². The van der Waals surface area contributed by atoms with Crippen LogP contribution in [0.15, 0.2) is 84.9 Å². The van der Waals surface area contributed by atoms with Crippen molar-refractivity contribution in [3.63, 3.8) is 0 Å². The van der Waals surface area contributed by atoms with Crippen LogP contribution in [0.5, 0.6) is 0 Å². The molecule has 0 spiro atoms. The molecule has 3 aliphatic rings. The molecule has 3 aliphatic carbocycles. The smallest absolute Gasteiger partial charge is 0.129 e. The van der Waals surface area contributed by atoms with E-state index in [1.165, 1.54) is 91.3 Å². The second-order valence-electron chi connectivity index (χ2n) is 17.2. The lowest BCUT2D eigenvalue weighted by molar-refractivity contribution is 0.384. The van der Waals surface area contributed by atoms with Crippen LogP contribution in [0.3, 0.4) is 0 Å². The van der Waals surface area contributed by atoms with Gasteiger partial charge in [-0.25, -0.2) is 13.2 Å². The SMILES string of the molecule is CC(C)(NCc1snnc1C1CC1)c1c(F)cccc1Cl.CC(NCc1snnc1C1CC1)c1c(F)cccc1Cl.Fc1cccc(Cl)c1C(NCc1snnc1C1CC1)c1ccccc1. The summed E-state index contributed by atoms with van der Waals surface area (Å²) < 4.78 is 54.6. The van der Waals surface area contributed by atoms with Gasteiger partial charge in [0.15, 0.2) is 0 Å². The fraction of sp³-hybridized carbons (Fsp3) is 0.375. The van der Waals surface area contributed by atoms with Crippen molar-refractivity contribution in [2.45, 2.75) is 114 Å². The molecule has 3 fully saturated rings. The highest BCUT2D eigenvalue weighted by Gasteiger charge is 2.33. The fourth-order valence-electron chi connectivity index (χ4n) is 7.79. The number of hydrogen-bond acceptors (Lipinski definition) is 12. The molecule has 0 bridgehead atoms. The van der Waals surface area contributed by atoms with E-state index in [0.29, 0.717) is 69.1 Å². The Morgan fingerprint density at radius 1 is 0.561 bits per heavy atom. The number of nitrogens with zero attached hydrogens (tertiary/aromatic N) is 6. The third-order valence-electron chi connectivity index (χ3n) is 11.8. The highest BCUT2D eigenvalue weighted by atomic mass is 35.5. The number of aromatic nitrogens is 6. The molecule has 7 aromatic rings. The quantitative estimate of drug-likeness (QED) is 0.0871. The van der Waals surface area contributed by atoms with Gasteiger partial charge in [-0.1, -0.05) is 96.8 Å². The topological polar surface area (TPSA) is 113 Å². The maximum Gasteiger partial charge on any atom is 0.129 e. The van der Waals surface area contributed by atoms with Crippen LogP contribution in [0, 0.1) is 17.5 Å². The van der Waals surface area contributed by atoms with Crippen LogP contribution >= 0.6 is 69.4 Å². The monoisotopic (exact) mass is 1010 g/mol. The molecule has 2 unspecified atom stereocenters. The molecule has 4 aromatic carbocycles. The van der Waals surface area contributed by atoms with Gasteiger partial charge < -0.3 is 16.0 Å². The first kappa shape index (κ1) is 48.6. The van der Waals surface area contributed by atoms with Gasteiger partial charge in [-0.15, -0.1) is 15.3 Å². The summed E-state index contributed by atoms with van der Waals surface area (Å²) >= 11 is 22.8. The van der Waals surface area contributed by atoms with Crippen molar-refractivity contribution in [1.82, 2.24) is 44.7 Å². The Morgan fingerprint density at radius 3 is 1.47 bits per heavy atom. The first-order chi connectivity index (χ1) is 31.9. The van der Waals surface area contributed by atoms with Gasteiger partial charge in [-0.2, -0.15) is 0 Å². The molecule has 0 aliphatic heterocycles. The van der Waals surface area contributed by atoms with Crippen molar-refractivity contribution in [2.75, 3.05) is 0 Å². The first-order valence-electron chi connectivity index (χ1n) is 21.9. The molecule has 3 N–H and O–H groups in total. The number of hydrogen-bond donors (Lipinski definition) is 3. The molecular weight excluding hydrogens is 962 g/mol. The van der Waals surface area contributed by atoms with E-state index in [-0.39, 0.29) is 29.5 Å². The summed E-state index contributed by atoms with van der Waals surface area (Å²) in [5.74, 6) is 0.826. The second-order valence-corrected chi connectivity index (χ2v) is 21.0. The lowest BCUT2D eigenvalue weighted by atomic mass is 9.93. The lowest BCUT2D eigenvalue weighted by Crippen LogP contribution is -2.37. The fourth-order valence-corrected chi connectivity index (χ4v) is 10.8. The molecular formula is C48H49Cl3F3N9S3. The van der Waals surface area contributed by atoms with E-state index in [1.54, 1.807) is 36.4 Å². The molecule has 3 heterocycles. The van der Waals surface area contributed by atoms with Gasteiger partial charge in [0.1, 0.15) is 17.5 Å². The number of halogens is 6. The van der Waals surface area contributed by atoms with E-state index in [1.807, 2.05) is 51.1 Å². The van der Waals surface area contributed by atoms with Crippen molar-refractivity contribution in [3.8, 4) is 0 Å². The summed E-state index contributed by atoms with van der Waals surface area (Å²) in [4.78, 5) is 3.40. The van der Waals surface area contributed by atoms with Gasteiger partial charge in [-0.05, 0) is 136 Å². The molecule has 3 aromatic heterocycles. The Kier molecular flexibility index (Phi) is 16.2. The standard InChI is InChI=1S/C19H17ClFN3S.C15H17ClFN3S.C14H15ClFN3S/c20-14-7-4-8-15(21)17(14)19(12-5-2-1-3-6-12)22-11-16-18(13-9-10-13)23-24-25-16;1-15(2,13-10(16)4-3-5-11(13)17)18-8-12-14(9-6-7-9)19-20-21-12;1-8(13-10(15)3-2-4-11(13)16)17-7-12-14(9-5-6-9)18-19-20-12/h1-8,13,19,22H,9-11H2;3-5,9,18H,6-8H2,1-2H3;2-4,8-9,17H,5-7H2,1H3. The third-order valence-corrected chi connectivity index (χ3v) is 15.0. The van der Waals surface area contributed by atoms with Crippen molar-refractivity contribution in [3.05, 3.63) is 171 Å². The maximum absolute atomic E-state index is 14.5. The normalized spacial score (nSPS) is 15.7. The summed E-state index contributed by atoms with van der Waals surface area (Å²) in [6.45, 7) is 7.64. The Hall–Kier alpha value is -3.90. The first-order valence-corrected chi connectivity index (χ1v) is 25.4. The van der Waals surface area contributed by atoms with Crippen LogP contribution in [0.1, 0.15) is 143 Å². The van der Waals surface area contributed by atoms with Gasteiger partial charge in [0.2, 0.25) is 0 Å². The van der Waals surface area contributed by atoms with Crippen LogP contribution in [0.4, 0.5) is 13.2 Å². The van der Waals surface area contributed by atoms with E-state index < -0.39 is 5.54 Å². The van der Waals surface area contributed by atoms with Crippen LogP contribution < -0.4 is 16.0 Å². The van der Waals surface area contributed by atoms with E-state index in [0.717, 1.165) is 37.3 Å². The van der Waals surface area contributed by atoms with Gasteiger partial charge in [0, 0.05) is 80.7 Å². The molecule has 0 amide bonds. The minimum atomic E-state index is -0.562. The van der Waals surface area contributed by atoms with Gasteiger partial charge >= 0.3 is 0 Å². The third kappa shape index (κ3) is 12.2. The largest absolute Gasteiger partial charge is 0.305 e. The van der Waals surface area contributed by atoms with Crippen molar-refractivity contribution >= 4 is 69.4 Å². The zero-order valence-corrected chi connectivity index (χ0v) is 41.2. The average Bonchev–Trinajstić information content (AvgIpc) is 4.28.